The number of rotatable bonds is 43. The Bertz CT molecular complexity index is 977. The molecule has 324 valence electrons. The molecule has 1 unspecified atom stereocenters. The van der Waals surface area contributed by atoms with Gasteiger partial charge in [-0.25, -0.2) is 0 Å². The third kappa shape index (κ3) is 44.3. The van der Waals surface area contributed by atoms with E-state index < -0.39 is 6.10 Å². The molecule has 0 saturated heterocycles. The van der Waals surface area contributed by atoms with Crippen LogP contribution in [-0.2, 0) is 19.1 Å². The third-order valence-corrected chi connectivity index (χ3v) is 10.3. The topological polar surface area (TPSA) is 72.8 Å². The van der Waals surface area contributed by atoms with Crippen LogP contribution in [0.5, 0.6) is 0 Å². The lowest BCUT2D eigenvalue weighted by atomic mass is 10.0. The molecular weight excluding hydrogens is 693 g/mol. The van der Waals surface area contributed by atoms with Gasteiger partial charge in [0.25, 0.3) is 0 Å². The molecule has 0 saturated carbocycles. The maximum Gasteiger partial charge on any atom is 0.306 e. The summed E-state index contributed by atoms with van der Waals surface area (Å²) in [5.41, 5.74) is 0. The monoisotopic (exact) mass is 783 g/mol. The number of aliphatic hydroxyl groups is 1. The van der Waals surface area contributed by atoms with Crippen molar-refractivity contribution in [2.45, 2.75) is 238 Å². The maximum absolute atomic E-state index is 12.2. The lowest BCUT2D eigenvalue weighted by molar-refractivity contribution is -0.161. The van der Waals surface area contributed by atoms with E-state index in [-0.39, 0.29) is 25.2 Å². The summed E-state index contributed by atoms with van der Waals surface area (Å²) in [5.74, 6) is -0.588. The Kier molecular flexibility index (Phi) is 45.0. The molecule has 0 bridgehead atoms. The van der Waals surface area contributed by atoms with Gasteiger partial charge in [-0.1, -0.05) is 222 Å². The summed E-state index contributed by atoms with van der Waals surface area (Å²) in [6, 6.07) is 0. The van der Waals surface area contributed by atoms with Crippen LogP contribution in [0.2, 0.25) is 0 Å². The van der Waals surface area contributed by atoms with E-state index in [9.17, 15) is 14.7 Å². The molecule has 0 aliphatic carbocycles. The van der Waals surface area contributed by atoms with Crippen LogP contribution in [0.15, 0.2) is 60.8 Å². The van der Waals surface area contributed by atoms with Crippen molar-refractivity contribution in [3.05, 3.63) is 60.8 Å². The van der Waals surface area contributed by atoms with Gasteiger partial charge in [0.1, 0.15) is 6.61 Å². The molecule has 5 nitrogen and oxygen atoms in total. The van der Waals surface area contributed by atoms with Gasteiger partial charge in [0.05, 0.1) is 6.61 Å². The van der Waals surface area contributed by atoms with Crippen LogP contribution in [0.25, 0.3) is 0 Å². The van der Waals surface area contributed by atoms with Gasteiger partial charge in [-0.3, -0.25) is 9.59 Å². The first kappa shape index (κ1) is 53.6. The van der Waals surface area contributed by atoms with E-state index >= 15 is 0 Å². The summed E-state index contributed by atoms with van der Waals surface area (Å²) in [7, 11) is 0. The standard InChI is InChI=1S/C51H90O5/c1-3-5-7-9-11-13-15-17-19-20-21-22-23-24-25-26-27-28-29-30-32-34-36-38-40-42-44-46-51(54)56-49(47-52)48-55-50(53)45-43-41-39-37-35-33-31-18-16-14-12-10-8-6-4-2/h5,7,11,13,17,19,21-22,24-25,49,52H,3-4,6,8-10,12,14-16,18,20,23,26-48H2,1-2H3/b7-5-,13-11-,19-17-,22-21-,25-24-. The van der Waals surface area contributed by atoms with Gasteiger partial charge < -0.3 is 14.6 Å². The highest BCUT2D eigenvalue weighted by molar-refractivity contribution is 5.70. The van der Waals surface area contributed by atoms with Crippen molar-refractivity contribution in [1.82, 2.24) is 0 Å². The van der Waals surface area contributed by atoms with Gasteiger partial charge >= 0.3 is 11.9 Å². The van der Waals surface area contributed by atoms with Crippen LogP contribution < -0.4 is 0 Å². The van der Waals surface area contributed by atoms with Crippen molar-refractivity contribution >= 4 is 11.9 Å². The number of esters is 2. The molecule has 0 spiro atoms. The normalized spacial score (nSPS) is 12.7. The molecule has 0 fully saturated rings. The fourth-order valence-electron chi connectivity index (χ4n) is 6.76. The lowest BCUT2D eigenvalue weighted by Gasteiger charge is -2.15. The van der Waals surface area contributed by atoms with Gasteiger partial charge in [0.15, 0.2) is 6.10 Å². The maximum atomic E-state index is 12.2. The van der Waals surface area contributed by atoms with Crippen molar-refractivity contribution in [2.24, 2.45) is 0 Å². The second-order valence-electron chi connectivity index (χ2n) is 15.8. The van der Waals surface area contributed by atoms with Crippen molar-refractivity contribution in [3.63, 3.8) is 0 Å². The Morgan fingerprint density at radius 3 is 1.16 bits per heavy atom. The van der Waals surface area contributed by atoms with E-state index in [2.05, 4.69) is 74.6 Å². The largest absolute Gasteiger partial charge is 0.462 e. The number of hydrogen-bond acceptors (Lipinski definition) is 5. The number of hydrogen-bond donors (Lipinski definition) is 1. The Morgan fingerprint density at radius 1 is 0.429 bits per heavy atom. The summed E-state index contributed by atoms with van der Waals surface area (Å²) in [5, 5.41) is 9.60. The van der Waals surface area contributed by atoms with Crippen LogP contribution in [0.4, 0.5) is 0 Å². The van der Waals surface area contributed by atoms with Gasteiger partial charge in [-0.2, -0.15) is 0 Å². The average Bonchev–Trinajstić information content (AvgIpc) is 3.20. The van der Waals surface area contributed by atoms with Crippen molar-refractivity contribution in [2.75, 3.05) is 13.2 Å². The van der Waals surface area contributed by atoms with Crippen molar-refractivity contribution < 1.29 is 24.2 Å². The van der Waals surface area contributed by atoms with Gasteiger partial charge in [0.2, 0.25) is 0 Å². The fraction of sp³-hybridized carbons (Fsp3) is 0.765. The van der Waals surface area contributed by atoms with Crippen molar-refractivity contribution in [3.8, 4) is 0 Å². The molecule has 0 aromatic rings. The molecule has 0 heterocycles. The number of unbranched alkanes of at least 4 members (excludes halogenated alkanes) is 25. The van der Waals surface area contributed by atoms with Gasteiger partial charge in [-0.15, -0.1) is 0 Å². The minimum absolute atomic E-state index is 0.0654. The summed E-state index contributed by atoms with van der Waals surface area (Å²) in [6.45, 7) is 4.04. The Labute approximate surface area is 347 Å². The van der Waals surface area contributed by atoms with E-state index in [1.807, 2.05) is 0 Å². The van der Waals surface area contributed by atoms with Crippen LogP contribution >= 0.6 is 0 Å². The summed E-state index contributed by atoms with van der Waals surface area (Å²) in [6.07, 6.45) is 61.6. The van der Waals surface area contributed by atoms with E-state index in [0.717, 1.165) is 70.6 Å². The highest BCUT2D eigenvalue weighted by Gasteiger charge is 2.16. The molecule has 0 aliphatic heterocycles. The zero-order valence-electron chi connectivity index (χ0n) is 36.9. The molecule has 1 atom stereocenters. The minimum Gasteiger partial charge on any atom is -0.462 e. The van der Waals surface area contributed by atoms with Crippen LogP contribution in [0.3, 0.4) is 0 Å². The zero-order valence-corrected chi connectivity index (χ0v) is 36.9. The number of carbonyl (C=O) groups excluding carboxylic acids is 2. The van der Waals surface area contributed by atoms with Crippen molar-refractivity contribution in [1.29, 1.82) is 0 Å². The Hall–Kier alpha value is -2.40. The molecule has 0 aromatic heterocycles. The number of carbonyl (C=O) groups is 2. The van der Waals surface area contributed by atoms with Crippen LogP contribution in [0.1, 0.15) is 232 Å². The third-order valence-electron chi connectivity index (χ3n) is 10.3. The number of ether oxygens (including phenoxy) is 2. The molecular formula is C51H90O5. The molecule has 5 heteroatoms. The summed E-state index contributed by atoms with van der Waals surface area (Å²) in [4.78, 5) is 24.4. The molecule has 1 N–H and O–H groups in total. The number of aliphatic hydroxyl groups excluding tert-OH is 1. The highest BCUT2D eigenvalue weighted by atomic mass is 16.6. The molecule has 0 radical (unpaired) electrons. The van der Waals surface area contributed by atoms with Crippen LogP contribution in [0, 0.1) is 0 Å². The number of allylic oxidation sites excluding steroid dienone is 10. The fourth-order valence-corrected chi connectivity index (χ4v) is 6.76. The second kappa shape index (κ2) is 47.0. The highest BCUT2D eigenvalue weighted by Crippen LogP contribution is 2.15. The van der Waals surface area contributed by atoms with Gasteiger partial charge in [0, 0.05) is 12.8 Å². The molecule has 0 aliphatic rings. The first-order chi connectivity index (χ1) is 27.6. The minimum atomic E-state index is -0.773. The first-order valence-electron chi connectivity index (χ1n) is 23.8. The van der Waals surface area contributed by atoms with E-state index in [4.69, 9.17) is 9.47 Å². The summed E-state index contributed by atoms with van der Waals surface area (Å²) < 4.78 is 10.7. The predicted octanol–water partition coefficient (Wildman–Crippen LogP) is 15.5. The molecule has 0 amide bonds. The summed E-state index contributed by atoms with van der Waals surface area (Å²) >= 11 is 0. The van der Waals surface area contributed by atoms with E-state index in [1.165, 1.54) is 135 Å². The van der Waals surface area contributed by atoms with E-state index in [1.54, 1.807) is 0 Å². The lowest BCUT2D eigenvalue weighted by Crippen LogP contribution is -2.28. The average molecular weight is 783 g/mol. The van der Waals surface area contributed by atoms with Crippen LogP contribution in [-0.4, -0.2) is 36.4 Å². The second-order valence-corrected chi connectivity index (χ2v) is 15.8. The predicted molar refractivity (Wildman–Crippen MR) is 242 cm³/mol. The quantitative estimate of drug-likeness (QED) is 0.0379. The molecule has 0 aromatic carbocycles. The zero-order chi connectivity index (χ0) is 40.7. The SMILES string of the molecule is CC/C=C\C/C=C\C/C=C\C/C=C\C/C=C\CCCCCCCCCCCCCC(=O)OC(CO)COC(=O)CCCCCCCCCCCCCCCCC. The molecule has 56 heavy (non-hydrogen) atoms. The smallest absolute Gasteiger partial charge is 0.306 e. The first-order valence-corrected chi connectivity index (χ1v) is 23.8. The Morgan fingerprint density at radius 2 is 0.768 bits per heavy atom. The Balaban J connectivity index is 3.52. The van der Waals surface area contributed by atoms with E-state index in [0.29, 0.717) is 12.8 Å². The van der Waals surface area contributed by atoms with Gasteiger partial charge in [-0.05, 0) is 57.8 Å². The molecule has 0 rings (SSSR count).